The minimum absolute atomic E-state index is 0.460. The number of alkyl halides is 1. The van der Waals surface area contributed by atoms with E-state index in [1.54, 1.807) is 0 Å². The van der Waals surface area contributed by atoms with Crippen molar-refractivity contribution in [3.05, 3.63) is 35.4 Å². The summed E-state index contributed by atoms with van der Waals surface area (Å²) in [5, 5.41) is 0. The first-order chi connectivity index (χ1) is 7.77. The van der Waals surface area contributed by atoms with Crippen LogP contribution in [0.25, 0.3) is 0 Å². The molecule has 0 aliphatic rings. The van der Waals surface area contributed by atoms with E-state index < -0.39 is 0 Å². The van der Waals surface area contributed by atoms with Crippen LogP contribution < -0.4 is 0 Å². The first-order valence-corrected chi connectivity index (χ1v) is 6.51. The van der Waals surface area contributed by atoms with Gasteiger partial charge >= 0.3 is 0 Å². The van der Waals surface area contributed by atoms with E-state index in [0.29, 0.717) is 11.8 Å². The normalized spacial score (nSPS) is 12.7. The summed E-state index contributed by atoms with van der Waals surface area (Å²) < 4.78 is 5.34. The molecule has 1 atom stereocenters. The summed E-state index contributed by atoms with van der Waals surface area (Å²) in [6, 6.07) is 8.62. The Morgan fingerprint density at radius 1 is 1.38 bits per heavy atom. The highest BCUT2D eigenvalue weighted by Gasteiger charge is 2.09. The predicted octanol–water partition coefficient (Wildman–Crippen LogP) is 4.13. The van der Waals surface area contributed by atoms with E-state index in [1.807, 2.05) is 6.92 Å². The van der Waals surface area contributed by atoms with Crippen molar-refractivity contribution in [2.75, 3.05) is 19.1 Å². The van der Waals surface area contributed by atoms with Crippen LogP contribution in [-0.4, -0.2) is 19.1 Å². The van der Waals surface area contributed by atoms with Gasteiger partial charge in [-0.2, -0.15) is 0 Å². The molecule has 0 aromatic heterocycles. The lowest BCUT2D eigenvalue weighted by atomic mass is 9.95. The van der Waals surface area contributed by atoms with Crippen molar-refractivity contribution in [3.63, 3.8) is 0 Å². The van der Waals surface area contributed by atoms with E-state index in [2.05, 4.69) is 31.2 Å². The van der Waals surface area contributed by atoms with Crippen molar-refractivity contribution in [2.24, 2.45) is 0 Å². The molecule has 0 aliphatic carbocycles. The van der Waals surface area contributed by atoms with Crippen LogP contribution in [0.1, 0.15) is 36.8 Å². The molecule has 1 rings (SSSR count). The lowest BCUT2D eigenvalue weighted by Crippen LogP contribution is -2.03. The molecule has 0 radical (unpaired) electrons. The van der Waals surface area contributed by atoms with Gasteiger partial charge in [0.15, 0.2) is 0 Å². The van der Waals surface area contributed by atoms with Crippen LogP contribution in [0.3, 0.4) is 0 Å². The molecule has 1 aromatic carbocycles. The van der Waals surface area contributed by atoms with Crippen LogP contribution in [0.2, 0.25) is 0 Å². The summed E-state index contributed by atoms with van der Waals surface area (Å²) in [6.45, 7) is 5.79. The lowest BCUT2D eigenvalue weighted by molar-refractivity contribution is 0.142. The Kier molecular flexibility index (Phi) is 6.51. The third-order valence-electron chi connectivity index (χ3n) is 2.75. The van der Waals surface area contributed by atoms with Gasteiger partial charge < -0.3 is 4.74 Å². The molecule has 90 valence electrons. The third-order valence-corrected chi connectivity index (χ3v) is 3.12. The standard InChI is InChI=1S/C14H21ClO/c1-3-16-9-5-8-14(11-15)13-7-4-6-12(2)10-13/h4,6-7,10,14H,3,5,8-9,11H2,1-2H3. The van der Waals surface area contributed by atoms with Crippen LogP contribution >= 0.6 is 11.6 Å². The van der Waals surface area contributed by atoms with Gasteiger partial charge in [0.25, 0.3) is 0 Å². The number of hydrogen-bond acceptors (Lipinski definition) is 1. The number of benzene rings is 1. The van der Waals surface area contributed by atoms with Gasteiger partial charge in [-0.05, 0) is 38.2 Å². The van der Waals surface area contributed by atoms with E-state index in [9.17, 15) is 0 Å². The number of rotatable bonds is 7. The van der Waals surface area contributed by atoms with Crippen LogP contribution in [-0.2, 0) is 4.74 Å². The number of halogens is 1. The maximum absolute atomic E-state index is 6.03. The molecule has 0 aliphatic heterocycles. The van der Waals surface area contributed by atoms with Crippen molar-refractivity contribution >= 4 is 11.6 Å². The van der Waals surface area contributed by atoms with Crippen molar-refractivity contribution in [3.8, 4) is 0 Å². The maximum atomic E-state index is 6.03. The molecule has 0 bridgehead atoms. The summed E-state index contributed by atoms with van der Waals surface area (Å²) in [5.41, 5.74) is 2.66. The van der Waals surface area contributed by atoms with Gasteiger partial charge in [-0.1, -0.05) is 29.8 Å². The van der Waals surface area contributed by atoms with E-state index in [-0.39, 0.29) is 0 Å². The molecule has 0 amide bonds. The van der Waals surface area contributed by atoms with Gasteiger partial charge in [-0.15, -0.1) is 11.6 Å². The Balaban J connectivity index is 2.47. The smallest absolute Gasteiger partial charge is 0.0466 e. The lowest BCUT2D eigenvalue weighted by Gasteiger charge is -2.14. The quantitative estimate of drug-likeness (QED) is 0.514. The second-order valence-corrected chi connectivity index (χ2v) is 4.41. The molecule has 0 spiro atoms. The van der Waals surface area contributed by atoms with Crippen LogP contribution in [0.5, 0.6) is 0 Å². The Labute approximate surface area is 104 Å². The summed E-state index contributed by atoms with van der Waals surface area (Å²) in [4.78, 5) is 0. The van der Waals surface area contributed by atoms with E-state index in [0.717, 1.165) is 26.1 Å². The Bertz CT molecular complexity index is 299. The van der Waals surface area contributed by atoms with Gasteiger partial charge in [0, 0.05) is 19.1 Å². The van der Waals surface area contributed by atoms with E-state index >= 15 is 0 Å². The van der Waals surface area contributed by atoms with E-state index in [1.165, 1.54) is 11.1 Å². The van der Waals surface area contributed by atoms with Gasteiger partial charge in [-0.25, -0.2) is 0 Å². The van der Waals surface area contributed by atoms with Gasteiger partial charge in [0.2, 0.25) is 0 Å². The molecule has 1 nitrogen and oxygen atoms in total. The van der Waals surface area contributed by atoms with Crippen molar-refractivity contribution in [1.29, 1.82) is 0 Å². The van der Waals surface area contributed by atoms with Crippen molar-refractivity contribution in [1.82, 2.24) is 0 Å². The van der Waals surface area contributed by atoms with Crippen LogP contribution in [0.15, 0.2) is 24.3 Å². The Morgan fingerprint density at radius 3 is 2.81 bits per heavy atom. The Hall–Kier alpha value is -0.530. The number of hydrogen-bond donors (Lipinski definition) is 0. The fraction of sp³-hybridized carbons (Fsp3) is 0.571. The largest absolute Gasteiger partial charge is 0.382 e. The van der Waals surface area contributed by atoms with Gasteiger partial charge in [0.1, 0.15) is 0 Å². The fourth-order valence-electron chi connectivity index (χ4n) is 1.83. The summed E-state index contributed by atoms with van der Waals surface area (Å²) in [7, 11) is 0. The average molecular weight is 241 g/mol. The second-order valence-electron chi connectivity index (χ2n) is 4.10. The molecular weight excluding hydrogens is 220 g/mol. The van der Waals surface area contributed by atoms with Crippen LogP contribution in [0, 0.1) is 6.92 Å². The average Bonchev–Trinajstić information content (AvgIpc) is 2.29. The molecule has 0 fully saturated rings. The molecule has 0 N–H and O–H groups in total. The maximum Gasteiger partial charge on any atom is 0.0466 e. The second kappa shape index (κ2) is 7.70. The van der Waals surface area contributed by atoms with Crippen LogP contribution in [0.4, 0.5) is 0 Å². The first-order valence-electron chi connectivity index (χ1n) is 5.98. The molecular formula is C14H21ClO. The molecule has 0 saturated heterocycles. The minimum atomic E-state index is 0.460. The first kappa shape index (κ1) is 13.5. The highest BCUT2D eigenvalue weighted by molar-refractivity contribution is 6.18. The monoisotopic (exact) mass is 240 g/mol. The highest BCUT2D eigenvalue weighted by Crippen LogP contribution is 2.23. The van der Waals surface area contributed by atoms with Crippen molar-refractivity contribution < 1.29 is 4.74 Å². The molecule has 16 heavy (non-hydrogen) atoms. The summed E-state index contributed by atoms with van der Waals surface area (Å²) >= 11 is 6.03. The molecule has 0 saturated carbocycles. The SMILES string of the molecule is CCOCCCC(CCl)c1cccc(C)c1. The summed E-state index contributed by atoms with van der Waals surface area (Å²) in [6.07, 6.45) is 2.19. The fourth-order valence-corrected chi connectivity index (χ4v) is 2.17. The molecule has 1 aromatic rings. The zero-order valence-electron chi connectivity index (χ0n) is 10.2. The minimum Gasteiger partial charge on any atom is -0.382 e. The highest BCUT2D eigenvalue weighted by atomic mass is 35.5. The molecule has 1 unspecified atom stereocenters. The summed E-state index contributed by atoms with van der Waals surface area (Å²) in [5.74, 6) is 1.15. The molecule has 0 heterocycles. The third kappa shape index (κ3) is 4.54. The number of ether oxygens (including phenoxy) is 1. The van der Waals surface area contributed by atoms with Gasteiger partial charge in [0.05, 0.1) is 0 Å². The molecule has 2 heteroatoms. The van der Waals surface area contributed by atoms with E-state index in [4.69, 9.17) is 16.3 Å². The zero-order chi connectivity index (χ0) is 11.8. The predicted molar refractivity (Wildman–Crippen MR) is 70.4 cm³/mol. The Morgan fingerprint density at radius 2 is 2.19 bits per heavy atom. The zero-order valence-corrected chi connectivity index (χ0v) is 11.0. The van der Waals surface area contributed by atoms with Crippen molar-refractivity contribution in [2.45, 2.75) is 32.6 Å². The number of aryl methyl sites for hydroxylation is 1. The topological polar surface area (TPSA) is 9.23 Å². The van der Waals surface area contributed by atoms with Gasteiger partial charge in [-0.3, -0.25) is 0 Å².